The molecule has 0 aliphatic heterocycles. The monoisotopic (exact) mass is 313 g/mol. The van der Waals surface area contributed by atoms with Crippen LogP contribution >= 0.6 is 0 Å². The van der Waals surface area contributed by atoms with Crippen molar-refractivity contribution >= 4 is 16.3 Å². The third-order valence-electron chi connectivity index (χ3n) is 2.09. The largest absolute Gasteiger partial charge is 0.444 e. The summed E-state index contributed by atoms with van der Waals surface area (Å²) in [5.41, 5.74) is -0.585. The fraction of sp³-hybridized carbons (Fsp3) is 0.357. The average Bonchev–Trinajstić information content (AvgIpc) is 2.32. The normalized spacial score (nSPS) is 11.2. The number of amides is 1. The minimum Gasteiger partial charge on any atom is -0.444 e. The molecule has 0 aliphatic carbocycles. The molecule has 1 amide bonds. The lowest BCUT2D eigenvalue weighted by molar-refractivity contribution is 0.0535. The van der Waals surface area contributed by atoms with Crippen LogP contribution in [-0.4, -0.2) is 26.7 Å². The Kier molecular flexibility index (Phi) is 5.33. The molecule has 1 aromatic carbocycles. The first kappa shape index (κ1) is 17.0. The molecular weight excluding hydrogens is 297 g/mol. The Morgan fingerprint density at radius 3 is 2.52 bits per heavy atom. The molecule has 0 unspecified atom stereocenters. The summed E-state index contributed by atoms with van der Waals surface area (Å²) in [6, 6.07) is 5.45. The molecule has 7 heteroatoms. The van der Waals surface area contributed by atoms with Crippen LogP contribution in [0.1, 0.15) is 26.3 Å². The van der Waals surface area contributed by atoms with E-state index in [1.54, 1.807) is 26.8 Å². The number of nitrogens with one attached hydrogen (secondary N) is 1. The van der Waals surface area contributed by atoms with Crippen LogP contribution < -0.4 is 5.32 Å². The van der Waals surface area contributed by atoms with Gasteiger partial charge in [0.2, 0.25) is 0 Å². The van der Waals surface area contributed by atoms with Crippen LogP contribution in [0.3, 0.4) is 0 Å². The molecule has 114 valence electrons. The maximum atomic E-state index is 13.0. The maximum Gasteiger partial charge on any atom is 0.408 e. The van der Waals surface area contributed by atoms with Gasteiger partial charge in [-0.05, 0) is 32.9 Å². The minimum atomic E-state index is -4.83. The lowest BCUT2D eigenvalue weighted by atomic mass is 10.2. The summed E-state index contributed by atoms with van der Waals surface area (Å²) in [6.45, 7) is 5.12. The molecule has 0 spiro atoms. The van der Waals surface area contributed by atoms with Gasteiger partial charge in [0, 0.05) is 5.56 Å². The van der Waals surface area contributed by atoms with Crippen LogP contribution in [0.4, 0.5) is 8.68 Å². The van der Waals surface area contributed by atoms with Crippen molar-refractivity contribution in [3.8, 4) is 11.8 Å². The molecule has 0 atom stereocenters. The van der Waals surface area contributed by atoms with Gasteiger partial charge in [-0.2, -0.15) is 8.42 Å². The number of alkyl carbamates (subject to hydrolysis) is 1. The first-order valence-electron chi connectivity index (χ1n) is 6.09. The van der Waals surface area contributed by atoms with E-state index in [0.717, 1.165) is 6.07 Å². The maximum absolute atomic E-state index is 13.0. The second-order valence-electron chi connectivity index (χ2n) is 5.09. The Bertz CT molecular complexity index is 681. The van der Waals surface area contributed by atoms with E-state index in [4.69, 9.17) is 4.74 Å². The number of benzene rings is 1. The molecule has 0 heterocycles. The number of rotatable bonds is 2. The number of hydrogen-bond donors (Lipinski definition) is 1. The SMILES string of the molecule is CC(C)(C)OC(=O)NCC#Cc1ccccc1S(=O)(=O)F. The van der Waals surface area contributed by atoms with Crippen molar-refractivity contribution in [2.45, 2.75) is 31.3 Å². The molecule has 0 fully saturated rings. The van der Waals surface area contributed by atoms with E-state index >= 15 is 0 Å². The molecule has 0 saturated carbocycles. The summed E-state index contributed by atoms with van der Waals surface area (Å²) in [5.74, 6) is 5.04. The van der Waals surface area contributed by atoms with E-state index in [2.05, 4.69) is 17.2 Å². The molecule has 1 N–H and O–H groups in total. The Balaban J connectivity index is 2.71. The Labute approximate surface area is 123 Å². The van der Waals surface area contributed by atoms with Gasteiger partial charge in [-0.1, -0.05) is 24.0 Å². The molecule has 1 rings (SSSR count). The zero-order valence-electron chi connectivity index (χ0n) is 11.9. The van der Waals surface area contributed by atoms with Crippen molar-refractivity contribution in [1.29, 1.82) is 0 Å². The Morgan fingerprint density at radius 1 is 1.33 bits per heavy atom. The van der Waals surface area contributed by atoms with Crippen molar-refractivity contribution in [3.63, 3.8) is 0 Å². The van der Waals surface area contributed by atoms with Gasteiger partial charge >= 0.3 is 16.3 Å². The predicted octanol–water partition coefficient (Wildman–Crippen LogP) is 2.22. The van der Waals surface area contributed by atoms with Gasteiger partial charge in [0.25, 0.3) is 0 Å². The number of halogens is 1. The van der Waals surface area contributed by atoms with Crippen LogP contribution in [0.5, 0.6) is 0 Å². The summed E-state index contributed by atoms with van der Waals surface area (Å²) >= 11 is 0. The highest BCUT2D eigenvalue weighted by molar-refractivity contribution is 7.86. The standard InChI is InChI=1S/C14H16FNO4S/c1-14(2,3)20-13(17)16-10-6-8-11-7-4-5-9-12(11)21(15,18)19/h4-5,7,9H,10H2,1-3H3,(H,16,17). The fourth-order valence-corrected chi connectivity index (χ4v) is 1.98. The highest BCUT2D eigenvalue weighted by Crippen LogP contribution is 2.16. The summed E-state index contributed by atoms with van der Waals surface area (Å²) < 4.78 is 39.9. The summed E-state index contributed by atoms with van der Waals surface area (Å²) in [5, 5.41) is 2.39. The van der Waals surface area contributed by atoms with Gasteiger partial charge in [-0.3, -0.25) is 0 Å². The van der Waals surface area contributed by atoms with Gasteiger partial charge in [-0.15, -0.1) is 3.89 Å². The van der Waals surface area contributed by atoms with Crippen LogP contribution in [0, 0.1) is 11.8 Å². The third kappa shape index (κ3) is 6.27. The van der Waals surface area contributed by atoms with Crippen molar-refractivity contribution in [1.82, 2.24) is 5.32 Å². The number of hydrogen-bond acceptors (Lipinski definition) is 4. The smallest absolute Gasteiger partial charge is 0.408 e. The van der Waals surface area contributed by atoms with Crippen molar-refractivity contribution in [2.75, 3.05) is 6.54 Å². The topological polar surface area (TPSA) is 72.5 Å². The highest BCUT2D eigenvalue weighted by Gasteiger charge is 2.16. The van der Waals surface area contributed by atoms with Crippen molar-refractivity contribution in [3.05, 3.63) is 29.8 Å². The molecule has 0 aliphatic rings. The molecular formula is C14H16FNO4S. The molecule has 5 nitrogen and oxygen atoms in total. The summed E-state index contributed by atoms with van der Waals surface area (Å²) in [6.07, 6.45) is -0.636. The zero-order chi connectivity index (χ0) is 16.1. The van der Waals surface area contributed by atoms with Crippen LogP contribution in [0.25, 0.3) is 0 Å². The Morgan fingerprint density at radius 2 is 1.95 bits per heavy atom. The highest BCUT2D eigenvalue weighted by atomic mass is 32.3. The third-order valence-corrected chi connectivity index (χ3v) is 2.97. The lowest BCUT2D eigenvalue weighted by Gasteiger charge is -2.19. The molecule has 21 heavy (non-hydrogen) atoms. The minimum absolute atomic E-state index is 0.0333. The van der Waals surface area contributed by atoms with Crippen LogP contribution in [0.2, 0.25) is 0 Å². The second-order valence-corrected chi connectivity index (χ2v) is 6.41. The van der Waals surface area contributed by atoms with E-state index in [1.165, 1.54) is 12.1 Å². The summed E-state index contributed by atoms with van der Waals surface area (Å²) in [7, 11) is -4.83. The van der Waals surface area contributed by atoms with E-state index in [-0.39, 0.29) is 12.1 Å². The molecule has 0 aromatic heterocycles. The number of ether oxygens (including phenoxy) is 1. The van der Waals surface area contributed by atoms with Crippen LogP contribution in [0.15, 0.2) is 29.2 Å². The lowest BCUT2D eigenvalue weighted by Crippen LogP contribution is -2.32. The van der Waals surface area contributed by atoms with Gasteiger partial charge in [0.05, 0.1) is 6.54 Å². The first-order valence-corrected chi connectivity index (χ1v) is 7.47. The van der Waals surface area contributed by atoms with E-state index in [1.807, 2.05) is 0 Å². The first-order chi connectivity index (χ1) is 9.59. The van der Waals surface area contributed by atoms with E-state index in [0.29, 0.717) is 0 Å². The van der Waals surface area contributed by atoms with Crippen molar-refractivity contribution in [2.24, 2.45) is 0 Å². The molecule has 1 aromatic rings. The van der Waals surface area contributed by atoms with E-state index < -0.39 is 26.8 Å². The number of carbonyl (C=O) groups excluding carboxylic acids is 1. The molecule has 0 bridgehead atoms. The molecule has 0 saturated heterocycles. The van der Waals surface area contributed by atoms with Gasteiger partial charge in [-0.25, -0.2) is 4.79 Å². The zero-order valence-corrected chi connectivity index (χ0v) is 12.8. The quantitative estimate of drug-likeness (QED) is 0.671. The van der Waals surface area contributed by atoms with Gasteiger partial charge in [0.15, 0.2) is 0 Å². The number of carbonyl (C=O) groups is 1. The van der Waals surface area contributed by atoms with Gasteiger partial charge in [0.1, 0.15) is 10.5 Å². The summed E-state index contributed by atoms with van der Waals surface area (Å²) in [4.78, 5) is 10.8. The fourth-order valence-electron chi connectivity index (χ4n) is 1.35. The average molecular weight is 313 g/mol. The predicted molar refractivity (Wildman–Crippen MR) is 75.9 cm³/mol. The van der Waals surface area contributed by atoms with Crippen molar-refractivity contribution < 1.29 is 21.8 Å². The van der Waals surface area contributed by atoms with Crippen LogP contribution in [-0.2, 0) is 15.0 Å². The Hall–Kier alpha value is -2.07. The molecule has 0 radical (unpaired) electrons. The van der Waals surface area contributed by atoms with E-state index in [9.17, 15) is 17.1 Å². The van der Waals surface area contributed by atoms with Gasteiger partial charge < -0.3 is 10.1 Å². The second kappa shape index (κ2) is 6.59.